The van der Waals surface area contributed by atoms with Gasteiger partial charge >= 0.3 is 6.18 Å². The lowest BCUT2D eigenvalue weighted by molar-refractivity contribution is -0.156. The molecule has 1 aromatic carbocycles. The summed E-state index contributed by atoms with van der Waals surface area (Å²) >= 11 is 0. The number of ether oxygens (including phenoxy) is 2. The van der Waals surface area contributed by atoms with Crippen LogP contribution in [0.15, 0.2) is 12.1 Å². The summed E-state index contributed by atoms with van der Waals surface area (Å²) < 4.78 is 48.3. The molecule has 0 aromatic heterocycles. The van der Waals surface area contributed by atoms with Crippen LogP contribution in [0.1, 0.15) is 57.2 Å². The van der Waals surface area contributed by atoms with Crippen LogP contribution in [0.2, 0.25) is 0 Å². The standard InChI is InChI=1S/C23H34F3NO4/c1-22(2,3)10-15-12-27-6-5-14-7-21(31-13-16(28)11-23(24,25)26)20(30-4)8-17(14)18(27)9-19(15)29/h7-8,15-16,18-19,28-29H,5-6,9-13H2,1-4H3/t15-,16?,18-,19-/m1/s1. The Morgan fingerprint density at radius 3 is 2.52 bits per heavy atom. The second-order valence-corrected chi connectivity index (χ2v) is 10.1. The fraction of sp³-hybridized carbons (Fsp3) is 0.739. The molecule has 0 spiro atoms. The highest BCUT2D eigenvalue weighted by molar-refractivity contribution is 5.49. The minimum absolute atomic E-state index is 0.0775. The summed E-state index contributed by atoms with van der Waals surface area (Å²) in [6.45, 7) is 7.80. The van der Waals surface area contributed by atoms with E-state index in [0.717, 1.165) is 37.1 Å². The van der Waals surface area contributed by atoms with Crippen LogP contribution >= 0.6 is 0 Å². The Morgan fingerprint density at radius 1 is 1.19 bits per heavy atom. The molecule has 2 aliphatic heterocycles. The van der Waals surface area contributed by atoms with Crippen molar-refractivity contribution in [1.29, 1.82) is 0 Å². The minimum Gasteiger partial charge on any atom is -0.493 e. The molecular formula is C23H34F3NO4. The molecule has 2 heterocycles. The molecule has 1 aromatic rings. The number of aliphatic hydroxyl groups is 2. The number of rotatable bonds is 6. The number of benzene rings is 1. The van der Waals surface area contributed by atoms with Crippen molar-refractivity contribution in [2.75, 3.05) is 26.8 Å². The third-order valence-corrected chi connectivity index (χ3v) is 6.14. The van der Waals surface area contributed by atoms with Gasteiger partial charge in [-0.1, -0.05) is 20.8 Å². The molecule has 5 nitrogen and oxygen atoms in total. The third-order valence-electron chi connectivity index (χ3n) is 6.14. The quantitative estimate of drug-likeness (QED) is 0.690. The van der Waals surface area contributed by atoms with E-state index in [1.807, 2.05) is 6.07 Å². The largest absolute Gasteiger partial charge is 0.493 e. The lowest BCUT2D eigenvalue weighted by atomic mass is 9.75. The van der Waals surface area contributed by atoms with E-state index in [-0.39, 0.29) is 23.5 Å². The van der Waals surface area contributed by atoms with Crippen molar-refractivity contribution in [1.82, 2.24) is 4.90 Å². The first-order valence-corrected chi connectivity index (χ1v) is 10.9. The molecule has 0 radical (unpaired) electrons. The monoisotopic (exact) mass is 445 g/mol. The van der Waals surface area contributed by atoms with Crippen LogP contribution in [0, 0.1) is 11.3 Å². The highest BCUT2D eigenvalue weighted by Gasteiger charge is 2.40. The van der Waals surface area contributed by atoms with E-state index < -0.39 is 25.3 Å². The summed E-state index contributed by atoms with van der Waals surface area (Å²) in [7, 11) is 1.48. The molecule has 0 saturated carbocycles. The fourth-order valence-electron chi connectivity index (χ4n) is 4.87. The number of nitrogens with zero attached hydrogens (tertiary/aromatic N) is 1. The maximum atomic E-state index is 12.4. The molecule has 31 heavy (non-hydrogen) atoms. The number of piperidine rings is 1. The summed E-state index contributed by atoms with van der Waals surface area (Å²) in [6.07, 6.45) is -5.39. The molecule has 1 unspecified atom stereocenters. The molecule has 2 aliphatic rings. The predicted octanol–water partition coefficient (Wildman–Crippen LogP) is 4.10. The van der Waals surface area contributed by atoms with Gasteiger partial charge in [0.1, 0.15) is 6.61 Å². The van der Waals surface area contributed by atoms with E-state index in [9.17, 15) is 23.4 Å². The number of methoxy groups -OCH3 is 1. The summed E-state index contributed by atoms with van der Waals surface area (Å²) in [5.74, 6) is 0.987. The second kappa shape index (κ2) is 9.16. The molecule has 1 fully saturated rings. The smallest absolute Gasteiger partial charge is 0.391 e. The normalized spacial score (nSPS) is 25.5. The van der Waals surface area contributed by atoms with Gasteiger partial charge in [-0.05, 0) is 53.9 Å². The van der Waals surface area contributed by atoms with Gasteiger partial charge in [0, 0.05) is 19.1 Å². The number of aliphatic hydroxyl groups excluding tert-OH is 2. The zero-order chi connectivity index (χ0) is 23.0. The van der Waals surface area contributed by atoms with E-state index in [2.05, 4.69) is 25.7 Å². The zero-order valence-electron chi connectivity index (χ0n) is 18.7. The predicted molar refractivity (Wildman–Crippen MR) is 111 cm³/mol. The Kier molecular flexibility index (Phi) is 7.13. The Morgan fingerprint density at radius 2 is 1.90 bits per heavy atom. The topological polar surface area (TPSA) is 62.2 Å². The van der Waals surface area contributed by atoms with Crippen LogP contribution in [-0.4, -0.2) is 60.3 Å². The van der Waals surface area contributed by atoms with Crippen molar-refractivity contribution in [2.45, 2.75) is 70.9 Å². The van der Waals surface area contributed by atoms with Gasteiger partial charge in [0.05, 0.1) is 25.7 Å². The van der Waals surface area contributed by atoms with Crippen molar-refractivity contribution in [3.63, 3.8) is 0 Å². The first kappa shape index (κ1) is 24.1. The summed E-state index contributed by atoms with van der Waals surface area (Å²) in [5, 5.41) is 20.4. The maximum Gasteiger partial charge on any atom is 0.391 e. The van der Waals surface area contributed by atoms with Gasteiger partial charge < -0.3 is 19.7 Å². The molecule has 2 N–H and O–H groups in total. The molecular weight excluding hydrogens is 411 g/mol. The SMILES string of the molecule is COc1cc2c(cc1OCC(O)CC(F)(F)F)CCN1C[C@@H](CC(C)(C)C)[C@H](O)C[C@H]21. The number of alkyl halides is 3. The molecule has 0 bridgehead atoms. The molecule has 0 aliphatic carbocycles. The van der Waals surface area contributed by atoms with E-state index >= 15 is 0 Å². The molecule has 8 heteroatoms. The number of hydrogen-bond donors (Lipinski definition) is 2. The van der Waals surface area contributed by atoms with Crippen molar-refractivity contribution >= 4 is 0 Å². The highest BCUT2D eigenvalue weighted by Crippen LogP contribution is 2.44. The maximum absolute atomic E-state index is 12.4. The van der Waals surface area contributed by atoms with Gasteiger partial charge in [-0.2, -0.15) is 13.2 Å². The first-order valence-electron chi connectivity index (χ1n) is 10.9. The van der Waals surface area contributed by atoms with Gasteiger partial charge in [-0.3, -0.25) is 4.90 Å². The summed E-state index contributed by atoms with van der Waals surface area (Å²) in [5.41, 5.74) is 2.27. The number of halogens is 3. The average molecular weight is 446 g/mol. The van der Waals surface area contributed by atoms with Crippen molar-refractivity contribution < 1.29 is 32.9 Å². The van der Waals surface area contributed by atoms with Gasteiger partial charge in [-0.25, -0.2) is 0 Å². The van der Waals surface area contributed by atoms with Gasteiger partial charge in [0.2, 0.25) is 0 Å². The molecule has 3 rings (SSSR count). The molecule has 176 valence electrons. The minimum atomic E-state index is -4.45. The van der Waals surface area contributed by atoms with Crippen molar-refractivity contribution in [2.24, 2.45) is 11.3 Å². The third kappa shape index (κ3) is 6.26. The average Bonchev–Trinajstić information content (AvgIpc) is 2.63. The molecule has 0 amide bonds. The van der Waals surface area contributed by atoms with E-state index in [4.69, 9.17) is 9.47 Å². The second-order valence-electron chi connectivity index (χ2n) is 10.1. The Hall–Kier alpha value is -1.51. The Bertz CT molecular complexity index is 762. The fourth-order valence-corrected chi connectivity index (χ4v) is 4.87. The van der Waals surface area contributed by atoms with Crippen LogP contribution in [0.25, 0.3) is 0 Å². The molecule has 1 saturated heterocycles. The van der Waals surface area contributed by atoms with E-state index in [0.29, 0.717) is 17.9 Å². The van der Waals surface area contributed by atoms with Crippen LogP contribution in [0.5, 0.6) is 11.5 Å². The Balaban J connectivity index is 1.75. The van der Waals surface area contributed by atoms with Crippen LogP contribution < -0.4 is 9.47 Å². The van der Waals surface area contributed by atoms with Crippen LogP contribution in [0.4, 0.5) is 13.2 Å². The number of hydrogen-bond acceptors (Lipinski definition) is 5. The van der Waals surface area contributed by atoms with Crippen molar-refractivity contribution in [3.05, 3.63) is 23.3 Å². The summed E-state index contributed by atoms with van der Waals surface area (Å²) in [4.78, 5) is 2.42. The van der Waals surface area contributed by atoms with E-state index in [1.54, 1.807) is 6.07 Å². The van der Waals surface area contributed by atoms with Crippen LogP contribution in [0.3, 0.4) is 0 Å². The van der Waals surface area contributed by atoms with Crippen LogP contribution in [-0.2, 0) is 6.42 Å². The highest BCUT2D eigenvalue weighted by atomic mass is 19.4. The van der Waals surface area contributed by atoms with Crippen molar-refractivity contribution in [3.8, 4) is 11.5 Å². The lowest BCUT2D eigenvalue weighted by Gasteiger charge is -2.47. The van der Waals surface area contributed by atoms with E-state index in [1.165, 1.54) is 7.11 Å². The van der Waals surface area contributed by atoms with Gasteiger partial charge in [-0.15, -0.1) is 0 Å². The Labute approximate surface area is 182 Å². The zero-order valence-corrected chi connectivity index (χ0v) is 18.7. The summed E-state index contributed by atoms with van der Waals surface area (Å²) in [6, 6.07) is 3.75. The van der Waals surface area contributed by atoms with Gasteiger partial charge in [0.25, 0.3) is 0 Å². The van der Waals surface area contributed by atoms with Gasteiger partial charge in [0.15, 0.2) is 11.5 Å². The molecule has 4 atom stereocenters. The first-order chi connectivity index (χ1) is 14.4. The number of fused-ring (bicyclic) bond motifs is 3. The lowest BCUT2D eigenvalue weighted by Crippen LogP contribution is -2.48.